The highest BCUT2D eigenvalue weighted by Gasteiger charge is 2.25. The first-order valence-electron chi connectivity index (χ1n) is 6.48. The van der Waals surface area contributed by atoms with Gasteiger partial charge in [-0.05, 0) is 53.9 Å². The molecule has 1 aromatic rings. The van der Waals surface area contributed by atoms with E-state index in [4.69, 9.17) is 0 Å². The first-order valence-corrected chi connectivity index (χ1v) is 7.28. The number of anilines is 1. The van der Waals surface area contributed by atoms with Crippen LogP contribution in [0.15, 0.2) is 16.6 Å². The monoisotopic (exact) mass is 314 g/mol. The predicted octanol–water partition coefficient (Wildman–Crippen LogP) is 3.47. The minimum Gasteiger partial charge on any atom is -0.366 e. The zero-order chi connectivity index (χ0) is 13.3. The molecule has 2 rings (SSSR count). The largest absolute Gasteiger partial charge is 0.366 e. The summed E-state index contributed by atoms with van der Waals surface area (Å²) in [6, 6.07) is 4.40. The van der Waals surface area contributed by atoms with Crippen molar-refractivity contribution in [1.29, 1.82) is 0 Å². The van der Waals surface area contributed by atoms with Gasteiger partial charge in [0.15, 0.2) is 0 Å². The minimum atomic E-state index is -0.186. The summed E-state index contributed by atoms with van der Waals surface area (Å²) in [7, 11) is 0. The molecule has 1 heterocycles. The fraction of sp³-hybridized carbons (Fsp3) is 0.571. The summed E-state index contributed by atoms with van der Waals surface area (Å²) in [6.45, 7) is 8.30. The molecule has 2 atom stereocenters. The summed E-state index contributed by atoms with van der Waals surface area (Å²) in [5.74, 6) is -0.186. The van der Waals surface area contributed by atoms with Gasteiger partial charge in [0, 0.05) is 30.9 Å². The first kappa shape index (κ1) is 13.8. The van der Waals surface area contributed by atoms with Crippen LogP contribution in [0.3, 0.4) is 0 Å². The Morgan fingerprint density at radius 3 is 2.89 bits per heavy atom. The molecule has 1 aromatic carbocycles. The molecule has 0 spiro atoms. The number of nitrogens with zero attached hydrogens (tertiary/aromatic N) is 1. The van der Waals surface area contributed by atoms with Crippen molar-refractivity contribution in [3.05, 3.63) is 28.0 Å². The zero-order valence-electron chi connectivity index (χ0n) is 11.1. The van der Waals surface area contributed by atoms with E-state index in [-0.39, 0.29) is 5.82 Å². The number of hydrogen-bond acceptors (Lipinski definition) is 2. The summed E-state index contributed by atoms with van der Waals surface area (Å²) in [4.78, 5) is 2.32. The van der Waals surface area contributed by atoms with Crippen LogP contribution in [0.4, 0.5) is 10.1 Å². The highest BCUT2D eigenvalue weighted by Crippen LogP contribution is 2.29. The van der Waals surface area contributed by atoms with E-state index in [1.807, 2.05) is 13.0 Å². The normalized spacial score (nSPS) is 24.4. The molecule has 18 heavy (non-hydrogen) atoms. The Morgan fingerprint density at radius 1 is 1.50 bits per heavy atom. The van der Waals surface area contributed by atoms with Gasteiger partial charge in [0.25, 0.3) is 0 Å². The molecule has 0 aliphatic carbocycles. The van der Waals surface area contributed by atoms with Crippen molar-refractivity contribution in [3.63, 3.8) is 0 Å². The summed E-state index contributed by atoms with van der Waals surface area (Å²) in [5.41, 5.74) is 2.13. The van der Waals surface area contributed by atoms with Gasteiger partial charge in [-0.2, -0.15) is 0 Å². The molecule has 2 nitrogen and oxygen atoms in total. The highest BCUT2D eigenvalue weighted by atomic mass is 79.9. The second-order valence-corrected chi connectivity index (χ2v) is 5.92. The van der Waals surface area contributed by atoms with Gasteiger partial charge in [-0.1, -0.05) is 6.92 Å². The lowest BCUT2D eigenvalue weighted by molar-refractivity contribution is 0.397. The Morgan fingerprint density at radius 2 is 2.22 bits per heavy atom. The van der Waals surface area contributed by atoms with Crippen molar-refractivity contribution in [2.75, 3.05) is 18.0 Å². The molecule has 0 amide bonds. The molecule has 4 heteroatoms. The van der Waals surface area contributed by atoms with E-state index >= 15 is 0 Å². The van der Waals surface area contributed by atoms with Crippen LogP contribution in [-0.4, -0.2) is 25.2 Å². The van der Waals surface area contributed by atoms with E-state index < -0.39 is 0 Å². The molecule has 0 saturated carbocycles. The van der Waals surface area contributed by atoms with E-state index in [0.717, 1.165) is 30.8 Å². The quantitative estimate of drug-likeness (QED) is 0.899. The van der Waals surface area contributed by atoms with Crippen LogP contribution in [0.25, 0.3) is 0 Å². The third-order valence-electron chi connectivity index (χ3n) is 3.69. The topological polar surface area (TPSA) is 15.3 Å². The molecule has 1 aliphatic heterocycles. The lowest BCUT2D eigenvalue weighted by atomic mass is 10.0. The van der Waals surface area contributed by atoms with Crippen molar-refractivity contribution in [1.82, 2.24) is 5.32 Å². The summed E-state index contributed by atoms with van der Waals surface area (Å²) < 4.78 is 14.3. The number of piperazine rings is 1. The van der Waals surface area contributed by atoms with Gasteiger partial charge in [-0.15, -0.1) is 0 Å². The van der Waals surface area contributed by atoms with Crippen LogP contribution >= 0.6 is 15.9 Å². The second kappa shape index (κ2) is 5.57. The lowest BCUT2D eigenvalue weighted by Crippen LogP contribution is -2.55. The molecule has 1 N–H and O–H groups in total. The Bertz CT molecular complexity index is 436. The SMILES string of the molecule is CCC1CN(c2cc(F)c(Br)cc2C)C(C)CN1. The van der Waals surface area contributed by atoms with Gasteiger partial charge in [-0.25, -0.2) is 4.39 Å². The predicted molar refractivity (Wildman–Crippen MR) is 77.7 cm³/mol. The number of halogens is 2. The highest BCUT2D eigenvalue weighted by molar-refractivity contribution is 9.10. The summed E-state index contributed by atoms with van der Waals surface area (Å²) in [5, 5.41) is 3.52. The van der Waals surface area contributed by atoms with Gasteiger partial charge in [0.2, 0.25) is 0 Å². The van der Waals surface area contributed by atoms with Crippen molar-refractivity contribution >= 4 is 21.6 Å². The van der Waals surface area contributed by atoms with Crippen LogP contribution in [0.2, 0.25) is 0 Å². The molecule has 0 aromatic heterocycles. The number of nitrogens with one attached hydrogen (secondary N) is 1. The summed E-state index contributed by atoms with van der Waals surface area (Å²) >= 11 is 3.24. The van der Waals surface area contributed by atoms with Gasteiger partial charge in [-0.3, -0.25) is 0 Å². The molecule has 1 aliphatic rings. The smallest absolute Gasteiger partial charge is 0.139 e. The maximum Gasteiger partial charge on any atom is 0.139 e. The molecule has 0 bridgehead atoms. The van der Waals surface area contributed by atoms with Gasteiger partial charge in [0.05, 0.1) is 4.47 Å². The number of rotatable bonds is 2. The standard InChI is InChI=1S/C14H20BrFN2/c1-4-11-8-18(10(3)7-17-11)14-6-13(16)12(15)5-9(14)2/h5-6,10-11,17H,4,7-8H2,1-3H3. The van der Waals surface area contributed by atoms with Crippen LogP contribution in [0.1, 0.15) is 25.8 Å². The van der Waals surface area contributed by atoms with E-state index in [2.05, 4.69) is 40.0 Å². The van der Waals surface area contributed by atoms with E-state index in [0.29, 0.717) is 16.6 Å². The van der Waals surface area contributed by atoms with Gasteiger partial charge < -0.3 is 10.2 Å². The number of benzene rings is 1. The number of hydrogen-bond donors (Lipinski definition) is 1. The number of aryl methyl sites for hydroxylation is 1. The Kier molecular flexibility index (Phi) is 4.28. The lowest BCUT2D eigenvalue weighted by Gasteiger charge is -2.41. The fourth-order valence-electron chi connectivity index (χ4n) is 2.48. The van der Waals surface area contributed by atoms with Crippen LogP contribution in [-0.2, 0) is 0 Å². The Labute approximate surface area is 117 Å². The Balaban J connectivity index is 2.31. The van der Waals surface area contributed by atoms with Crippen LogP contribution < -0.4 is 10.2 Å². The summed E-state index contributed by atoms with van der Waals surface area (Å²) in [6.07, 6.45) is 1.10. The van der Waals surface area contributed by atoms with Gasteiger partial charge in [0.1, 0.15) is 5.82 Å². The van der Waals surface area contributed by atoms with E-state index in [1.165, 1.54) is 0 Å². The average Bonchev–Trinajstić information content (AvgIpc) is 2.35. The van der Waals surface area contributed by atoms with E-state index in [9.17, 15) is 4.39 Å². The van der Waals surface area contributed by atoms with Crippen LogP contribution in [0, 0.1) is 12.7 Å². The molecule has 100 valence electrons. The molecule has 1 fully saturated rings. The minimum absolute atomic E-state index is 0.186. The van der Waals surface area contributed by atoms with Crippen molar-refractivity contribution in [3.8, 4) is 0 Å². The van der Waals surface area contributed by atoms with Crippen molar-refractivity contribution in [2.24, 2.45) is 0 Å². The van der Waals surface area contributed by atoms with Crippen molar-refractivity contribution in [2.45, 2.75) is 39.3 Å². The first-order chi connectivity index (χ1) is 8.52. The zero-order valence-corrected chi connectivity index (χ0v) is 12.7. The molecular weight excluding hydrogens is 295 g/mol. The van der Waals surface area contributed by atoms with Crippen LogP contribution in [0.5, 0.6) is 0 Å². The molecule has 2 unspecified atom stereocenters. The molecule has 1 saturated heterocycles. The second-order valence-electron chi connectivity index (χ2n) is 5.07. The molecule has 0 radical (unpaired) electrons. The molecular formula is C14H20BrFN2. The Hall–Kier alpha value is -0.610. The average molecular weight is 315 g/mol. The maximum absolute atomic E-state index is 13.7. The third-order valence-corrected chi connectivity index (χ3v) is 4.30. The maximum atomic E-state index is 13.7. The van der Waals surface area contributed by atoms with Gasteiger partial charge >= 0.3 is 0 Å². The fourth-order valence-corrected chi connectivity index (χ4v) is 2.94. The van der Waals surface area contributed by atoms with E-state index in [1.54, 1.807) is 6.07 Å². The third kappa shape index (κ3) is 2.69. The van der Waals surface area contributed by atoms with Crippen molar-refractivity contribution < 1.29 is 4.39 Å².